The van der Waals surface area contributed by atoms with Crippen molar-refractivity contribution in [2.75, 3.05) is 0 Å². The Bertz CT molecular complexity index is 376. The predicted octanol–water partition coefficient (Wildman–Crippen LogP) is 4.79. The minimum Gasteiger partial charge on any atom is -0.505 e. The molecule has 0 aromatic rings. The summed E-state index contributed by atoms with van der Waals surface area (Å²) in [6.45, 7) is 11.1. The first-order valence-electron chi connectivity index (χ1n) is 6.24. The monoisotopic (exact) mass is 235 g/mol. The van der Waals surface area contributed by atoms with Gasteiger partial charge in [0.15, 0.2) is 10.7 Å². The van der Waals surface area contributed by atoms with Crippen LogP contribution in [0.4, 0.5) is 0 Å². The van der Waals surface area contributed by atoms with Gasteiger partial charge in [0.05, 0.1) is 0 Å². The van der Waals surface area contributed by atoms with E-state index >= 15 is 0 Å². The third-order valence-corrected chi connectivity index (χ3v) is 4.64. The average Bonchev–Trinajstić information content (AvgIpc) is 2.51. The second-order valence-corrected chi connectivity index (χ2v) is 5.91. The van der Waals surface area contributed by atoms with Gasteiger partial charge in [-0.2, -0.15) is 0 Å². The Hall–Kier alpha value is -1.30. The van der Waals surface area contributed by atoms with E-state index in [9.17, 15) is 5.11 Å². The van der Waals surface area contributed by atoms with Gasteiger partial charge in [-0.05, 0) is 30.1 Å². The third-order valence-electron chi connectivity index (χ3n) is 4.64. The predicted molar refractivity (Wildman–Crippen MR) is 69.9 cm³/mol. The van der Waals surface area contributed by atoms with Crippen molar-refractivity contribution in [1.82, 2.24) is 0 Å². The van der Waals surface area contributed by atoms with Crippen LogP contribution in [-0.4, -0.2) is 5.11 Å². The molecule has 0 aromatic heterocycles. The number of rotatable bonds is 4. The van der Waals surface area contributed by atoms with E-state index in [1.165, 1.54) is 24.8 Å². The molecule has 0 aromatic carbocycles. The Morgan fingerprint density at radius 2 is 2.00 bits per heavy atom. The van der Waals surface area contributed by atoms with Crippen LogP contribution in [0.15, 0.2) is 24.1 Å². The quantitative estimate of drug-likeness (QED) is 0.432. The molecule has 17 heavy (non-hydrogen) atoms. The Balaban J connectivity index is 2.66. The van der Waals surface area contributed by atoms with Gasteiger partial charge in [-0.15, -0.1) is 0 Å². The lowest BCUT2D eigenvalue weighted by Crippen LogP contribution is -2.31. The molecule has 0 amide bonds. The van der Waals surface area contributed by atoms with Crippen LogP contribution in [0.2, 0.25) is 0 Å². The summed E-state index contributed by atoms with van der Waals surface area (Å²) in [6, 6.07) is 0. The summed E-state index contributed by atoms with van der Waals surface area (Å²) in [5.74, 6) is 0.105. The van der Waals surface area contributed by atoms with E-state index in [-0.39, 0.29) is 16.6 Å². The van der Waals surface area contributed by atoms with Crippen molar-refractivity contribution in [2.24, 2.45) is 10.8 Å². The number of diazo groups is 1. The molecule has 1 fully saturated rings. The van der Waals surface area contributed by atoms with E-state index in [4.69, 9.17) is 5.39 Å². The summed E-state index contributed by atoms with van der Waals surface area (Å²) in [5, 5.41) is 17.7. The number of aliphatic hydroxyl groups is 1. The number of allylic oxidation sites excluding steroid dienone is 2. The van der Waals surface area contributed by atoms with E-state index < -0.39 is 0 Å². The number of aliphatic hydroxyl groups excluding tert-OH is 1. The Morgan fingerprint density at radius 1 is 1.35 bits per heavy atom. The normalized spacial score (nSPS) is 27.8. The number of hydrogen-bond acceptors (Lipinski definition) is 2. The van der Waals surface area contributed by atoms with Crippen LogP contribution in [-0.2, 0) is 0 Å². The highest BCUT2D eigenvalue weighted by Crippen LogP contribution is 2.56. The molecule has 0 aliphatic heterocycles. The van der Waals surface area contributed by atoms with Crippen molar-refractivity contribution in [3.8, 4) is 0 Å². The molecule has 94 valence electrons. The van der Waals surface area contributed by atoms with Crippen molar-refractivity contribution in [3.05, 3.63) is 29.1 Å². The van der Waals surface area contributed by atoms with Gasteiger partial charge in [0.25, 0.3) is 0 Å². The van der Waals surface area contributed by atoms with Crippen LogP contribution >= 0.6 is 0 Å². The SMILES string of the molecule is C=C(CC/C(O)=C/[N+]#N)[C@]1(C)CCCC1(C)C. The fourth-order valence-corrected chi connectivity index (χ4v) is 2.84. The molecule has 1 atom stereocenters. The highest BCUT2D eigenvalue weighted by molar-refractivity contribution is 5.18. The van der Waals surface area contributed by atoms with E-state index in [0.717, 1.165) is 12.6 Å². The maximum Gasteiger partial charge on any atom is 0.387 e. The van der Waals surface area contributed by atoms with Gasteiger partial charge in [-0.3, -0.25) is 0 Å². The first-order chi connectivity index (χ1) is 7.83. The van der Waals surface area contributed by atoms with Gasteiger partial charge >= 0.3 is 6.20 Å². The van der Waals surface area contributed by atoms with E-state index in [1.807, 2.05) is 0 Å². The maximum atomic E-state index is 9.42. The zero-order valence-corrected chi connectivity index (χ0v) is 11.2. The van der Waals surface area contributed by atoms with Crippen molar-refractivity contribution in [2.45, 2.75) is 52.9 Å². The summed E-state index contributed by atoms with van der Waals surface area (Å²) in [5.41, 5.74) is 1.63. The summed E-state index contributed by atoms with van der Waals surface area (Å²) in [4.78, 5) is 2.82. The summed E-state index contributed by atoms with van der Waals surface area (Å²) >= 11 is 0. The third kappa shape index (κ3) is 2.69. The molecule has 1 rings (SSSR count). The smallest absolute Gasteiger partial charge is 0.387 e. The van der Waals surface area contributed by atoms with Crippen molar-refractivity contribution in [3.63, 3.8) is 0 Å². The molecule has 1 N–H and O–H groups in total. The van der Waals surface area contributed by atoms with Crippen LogP contribution in [0.5, 0.6) is 0 Å². The molecule has 1 saturated carbocycles. The lowest BCUT2D eigenvalue weighted by Gasteiger charge is -2.40. The van der Waals surface area contributed by atoms with Crippen LogP contribution in [0.3, 0.4) is 0 Å². The molecule has 1 aliphatic rings. The molecule has 0 spiro atoms. The zero-order valence-electron chi connectivity index (χ0n) is 11.2. The zero-order chi connectivity index (χ0) is 13.1. The van der Waals surface area contributed by atoms with Crippen LogP contribution in [0.25, 0.3) is 4.98 Å². The Morgan fingerprint density at radius 3 is 2.47 bits per heavy atom. The highest BCUT2D eigenvalue weighted by atomic mass is 16.3. The molecule has 0 unspecified atom stereocenters. The van der Waals surface area contributed by atoms with Gasteiger partial charge in [-0.1, -0.05) is 39.3 Å². The molecule has 1 aliphatic carbocycles. The van der Waals surface area contributed by atoms with E-state index in [0.29, 0.717) is 6.42 Å². The number of hydrogen-bond donors (Lipinski definition) is 1. The number of nitrogens with zero attached hydrogens (tertiary/aromatic N) is 2. The Kier molecular flexibility index (Phi) is 3.98. The van der Waals surface area contributed by atoms with E-state index in [1.54, 1.807) is 0 Å². The van der Waals surface area contributed by atoms with Crippen LogP contribution in [0, 0.1) is 16.2 Å². The summed E-state index contributed by atoms with van der Waals surface area (Å²) < 4.78 is 0. The lowest BCUT2D eigenvalue weighted by molar-refractivity contribution is 0.172. The van der Waals surface area contributed by atoms with Gasteiger partial charge in [0.1, 0.15) is 0 Å². The summed E-state index contributed by atoms with van der Waals surface area (Å²) in [6.07, 6.45) is 5.97. The second kappa shape index (κ2) is 4.91. The molecule has 3 heteroatoms. The summed E-state index contributed by atoms with van der Waals surface area (Å²) in [7, 11) is 0. The topological polar surface area (TPSA) is 48.4 Å². The van der Waals surface area contributed by atoms with Gasteiger partial charge in [0, 0.05) is 6.42 Å². The largest absolute Gasteiger partial charge is 0.505 e. The van der Waals surface area contributed by atoms with Gasteiger partial charge in [-0.25, -0.2) is 0 Å². The molecular weight excluding hydrogens is 212 g/mol. The van der Waals surface area contributed by atoms with Gasteiger partial charge in [0.2, 0.25) is 5.39 Å². The van der Waals surface area contributed by atoms with Crippen LogP contribution in [0.1, 0.15) is 52.9 Å². The second-order valence-electron chi connectivity index (χ2n) is 5.91. The molecule has 0 heterocycles. The first kappa shape index (κ1) is 13.8. The molecule has 0 saturated heterocycles. The molecule has 0 bridgehead atoms. The van der Waals surface area contributed by atoms with Crippen LogP contribution < -0.4 is 0 Å². The molecular formula is C14H23N2O+. The standard InChI is InChI=1S/C14H22N2O/c1-11(6-7-12(17)10-16-15)14(4)9-5-8-13(14,2)3/h10H,1,5-9H2,2-4H3/p+1/b12-10-/t14-/m0/s1. The lowest BCUT2D eigenvalue weighted by atomic mass is 9.64. The molecule has 0 radical (unpaired) electrons. The fraction of sp³-hybridized carbons (Fsp3) is 0.714. The fourth-order valence-electron chi connectivity index (χ4n) is 2.84. The average molecular weight is 235 g/mol. The highest BCUT2D eigenvalue weighted by Gasteiger charge is 2.46. The van der Waals surface area contributed by atoms with Crippen molar-refractivity contribution >= 4 is 0 Å². The Labute approximate surface area is 104 Å². The van der Waals surface area contributed by atoms with E-state index in [2.05, 4.69) is 32.3 Å². The minimum atomic E-state index is 0.105. The minimum absolute atomic E-state index is 0.105. The van der Waals surface area contributed by atoms with Crippen molar-refractivity contribution < 1.29 is 5.11 Å². The van der Waals surface area contributed by atoms with Crippen molar-refractivity contribution in [1.29, 1.82) is 5.39 Å². The molecule has 3 nitrogen and oxygen atoms in total. The van der Waals surface area contributed by atoms with Gasteiger partial charge < -0.3 is 5.11 Å². The first-order valence-corrected chi connectivity index (χ1v) is 6.24. The maximum absolute atomic E-state index is 9.42.